The van der Waals surface area contributed by atoms with Gasteiger partial charge in [0.15, 0.2) is 0 Å². The lowest BCUT2D eigenvalue weighted by Gasteiger charge is -2.21. The molecule has 1 fully saturated rings. The highest BCUT2D eigenvalue weighted by Crippen LogP contribution is 2.17. The molecule has 1 saturated heterocycles. The number of hydrogen-bond acceptors (Lipinski definition) is 4. The van der Waals surface area contributed by atoms with Gasteiger partial charge in [0.2, 0.25) is 0 Å². The molecule has 0 radical (unpaired) electrons. The summed E-state index contributed by atoms with van der Waals surface area (Å²) in [6.45, 7) is 2.00. The van der Waals surface area contributed by atoms with Crippen LogP contribution in [0.3, 0.4) is 0 Å². The van der Waals surface area contributed by atoms with E-state index in [0.29, 0.717) is 25.2 Å². The van der Waals surface area contributed by atoms with Crippen LogP contribution in [0.2, 0.25) is 0 Å². The Kier molecular flexibility index (Phi) is 5.41. The van der Waals surface area contributed by atoms with E-state index in [1.165, 1.54) is 6.26 Å². The van der Waals surface area contributed by atoms with E-state index in [2.05, 4.69) is 5.32 Å². The molecule has 1 aliphatic heterocycles. The lowest BCUT2D eigenvalue weighted by atomic mass is 9.92. The van der Waals surface area contributed by atoms with Crippen LogP contribution >= 0.6 is 0 Å². The van der Waals surface area contributed by atoms with Crippen LogP contribution < -0.4 is 5.32 Å². The van der Waals surface area contributed by atoms with Crippen LogP contribution in [-0.2, 0) is 14.6 Å². The summed E-state index contributed by atoms with van der Waals surface area (Å²) in [7, 11) is -2.92. The zero-order chi connectivity index (χ0) is 12.0. The first kappa shape index (κ1) is 13.6. The van der Waals surface area contributed by atoms with Crippen molar-refractivity contribution in [2.75, 3.05) is 25.1 Å². The van der Waals surface area contributed by atoms with Crippen molar-refractivity contribution >= 4 is 15.6 Å². The second-order valence-corrected chi connectivity index (χ2v) is 6.93. The Morgan fingerprint density at radius 3 is 2.50 bits per heavy atom. The minimum Gasteiger partial charge on any atom is -0.317 e. The summed E-state index contributed by atoms with van der Waals surface area (Å²) >= 11 is 0. The molecule has 0 aromatic heterocycles. The van der Waals surface area contributed by atoms with Crippen molar-refractivity contribution in [3.8, 4) is 0 Å². The molecule has 1 N–H and O–H groups in total. The van der Waals surface area contributed by atoms with Gasteiger partial charge in [0.25, 0.3) is 0 Å². The molecule has 0 aromatic carbocycles. The smallest absolute Gasteiger partial charge is 0.147 e. The summed E-state index contributed by atoms with van der Waals surface area (Å²) in [5.41, 5.74) is 0. The monoisotopic (exact) mass is 247 g/mol. The predicted molar refractivity (Wildman–Crippen MR) is 64.2 cm³/mol. The maximum absolute atomic E-state index is 11.6. The van der Waals surface area contributed by atoms with Gasteiger partial charge in [0.05, 0.1) is 5.75 Å². The fraction of sp³-hybridized carbons (Fsp3) is 0.909. The summed E-state index contributed by atoms with van der Waals surface area (Å²) in [5, 5.41) is 3.26. The van der Waals surface area contributed by atoms with Crippen LogP contribution in [0.4, 0.5) is 0 Å². The molecule has 1 heterocycles. The first-order chi connectivity index (χ1) is 7.47. The van der Waals surface area contributed by atoms with Gasteiger partial charge >= 0.3 is 0 Å². The third-order valence-electron chi connectivity index (χ3n) is 2.95. The third kappa shape index (κ3) is 6.23. The first-order valence-electron chi connectivity index (χ1n) is 5.87. The molecule has 0 unspecified atom stereocenters. The standard InChI is InChI=1S/C11H21NO3S/c1-16(14,15)8-2-3-11(13)9-10-4-6-12-7-5-10/h10,12H,2-9H2,1H3. The van der Waals surface area contributed by atoms with Crippen molar-refractivity contribution in [3.05, 3.63) is 0 Å². The van der Waals surface area contributed by atoms with Crippen molar-refractivity contribution < 1.29 is 13.2 Å². The molecule has 0 amide bonds. The number of rotatable bonds is 6. The number of Topliss-reactive ketones (excluding diaryl/α,β-unsaturated/α-hetero) is 1. The lowest BCUT2D eigenvalue weighted by Crippen LogP contribution is -2.28. The van der Waals surface area contributed by atoms with E-state index in [9.17, 15) is 13.2 Å². The molecule has 1 rings (SSSR count). The molecule has 0 saturated carbocycles. The highest BCUT2D eigenvalue weighted by Gasteiger charge is 2.16. The number of sulfone groups is 1. The van der Waals surface area contributed by atoms with Crippen LogP contribution in [0, 0.1) is 5.92 Å². The van der Waals surface area contributed by atoms with E-state index in [1.807, 2.05) is 0 Å². The van der Waals surface area contributed by atoms with Crippen molar-refractivity contribution in [2.24, 2.45) is 5.92 Å². The third-order valence-corrected chi connectivity index (χ3v) is 3.98. The van der Waals surface area contributed by atoms with Gasteiger partial charge in [-0.25, -0.2) is 8.42 Å². The van der Waals surface area contributed by atoms with Crippen LogP contribution in [-0.4, -0.2) is 39.3 Å². The second kappa shape index (κ2) is 6.35. The molecular weight excluding hydrogens is 226 g/mol. The minimum atomic E-state index is -2.92. The Morgan fingerprint density at radius 2 is 1.94 bits per heavy atom. The lowest BCUT2D eigenvalue weighted by molar-refractivity contribution is -0.120. The van der Waals surface area contributed by atoms with Crippen molar-refractivity contribution in [1.29, 1.82) is 0 Å². The SMILES string of the molecule is CS(=O)(=O)CCCC(=O)CC1CCNCC1. The summed E-state index contributed by atoms with van der Waals surface area (Å²) in [6.07, 6.45) is 4.87. The Morgan fingerprint density at radius 1 is 1.31 bits per heavy atom. The van der Waals surface area contributed by atoms with E-state index in [0.717, 1.165) is 25.9 Å². The molecule has 0 atom stereocenters. The molecule has 0 bridgehead atoms. The molecule has 4 nitrogen and oxygen atoms in total. The van der Waals surface area contributed by atoms with Gasteiger partial charge < -0.3 is 5.32 Å². The van der Waals surface area contributed by atoms with E-state index in [1.54, 1.807) is 0 Å². The molecule has 1 aliphatic rings. The van der Waals surface area contributed by atoms with Gasteiger partial charge in [-0.15, -0.1) is 0 Å². The van der Waals surface area contributed by atoms with Gasteiger partial charge in [-0.05, 0) is 38.3 Å². The number of carbonyl (C=O) groups excluding carboxylic acids is 1. The zero-order valence-electron chi connectivity index (χ0n) is 9.87. The summed E-state index contributed by atoms with van der Waals surface area (Å²) in [4.78, 5) is 11.6. The fourth-order valence-electron chi connectivity index (χ4n) is 2.04. The summed E-state index contributed by atoms with van der Waals surface area (Å²) in [5.74, 6) is 0.854. The molecule has 0 spiro atoms. The molecule has 0 aromatic rings. The Labute approximate surface area is 97.7 Å². The Hall–Kier alpha value is -0.420. The van der Waals surface area contributed by atoms with E-state index < -0.39 is 9.84 Å². The molecule has 5 heteroatoms. The maximum Gasteiger partial charge on any atom is 0.147 e. The van der Waals surface area contributed by atoms with Crippen molar-refractivity contribution in [3.63, 3.8) is 0 Å². The Balaban J connectivity index is 2.15. The first-order valence-corrected chi connectivity index (χ1v) is 7.93. The average molecular weight is 247 g/mol. The van der Waals surface area contributed by atoms with E-state index in [4.69, 9.17) is 0 Å². The van der Waals surface area contributed by atoms with Gasteiger partial charge in [0, 0.05) is 19.1 Å². The zero-order valence-corrected chi connectivity index (χ0v) is 10.7. The molecule has 16 heavy (non-hydrogen) atoms. The van der Waals surface area contributed by atoms with Gasteiger partial charge in [0.1, 0.15) is 15.6 Å². The summed E-state index contributed by atoms with van der Waals surface area (Å²) in [6, 6.07) is 0. The summed E-state index contributed by atoms with van der Waals surface area (Å²) < 4.78 is 21.8. The number of piperidine rings is 1. The highest BCUT2D eigenvalue weighted by atomic mass is 32.2. The van der Waals surface area contributed by atoms with Crippen LogP contribution in [0.5, 0.6) is 0 Å². The Bertz CT molecular complexity index is 318. The van der Waals surface area contributed by atoms with Gasteiger partial charge in [-0.3, -0.25) is 4.79 Å². The van der Waals surface area contributed by atoms with E-state index >= 15 is 0 Å². The molecular formula is C11H21NO3S. The van der Waals surface area contributed by atoms with Crippen LogP contribution in [0.1, 0.15) is 32.1 Å². The number of carbonyl (C=O) groups is 1. The normalized spacial score (nSPS) is 18.6. The number of ketones is 1. The van der Waals surface area contributed by atoms with Crippen molar-refractivity contribution in [1.82, 2.24) is 5.32 Å². The maximum atomic E-state index is 11.6. The predicted octanol–water partition coefficient (Wildman–Crippen LogP) is 0.770. The van der Waals surface area contributed by atoms with Gasteiger partial charge in [-0.1, -0.05) is 0 Å². The molecule has 0 aliphatic carbocycles. The molecule has 94 valence electrons. The quantitative estimate of drug-likeness (QED) is 0.753. The number of nitrogens with one attached hydrogen (secondary N) is 1. The fourth-order valence-corrected chi connectivity index (χ4v) is 2.71. The topological polar surface area (TPSA) is 63.2 Å². The van der Waals surface area contributed by atoms with Gasteiger partial charge in [-0.2, -0.15) is 0 Å². The minimum absolute atomic E-state index is 0.130. The van der Waals surface area contributed by atoms with E-state index in [-0.39, 0.29) is 11.5 Å². The number of hydrogen-bond donors (Lipinski definition) is 1. The average Bonchev–Trinajstić information content (AvgIpc) is 2.17. The second-order valence-electron chi connectivity index (χ2n) is 4.67. The van der Waals surface area contributed by atoms with Crippen LogP contribution in [0.25, 0.3) is 0 Å². The largest absolute Gasteiger partial charge is 0.317 e. The van der Waals surface area contributed by atoms with Crippen molar-refractivity contribution in [2.45, 2.75) is 32.1 Å². The highest BCUT2D eigenvalue weighted by molar-refractivity contribution is 7.90. The van der Waals surface area contributed by atoms with Crippen LogP contribution in [0.15, 0.2) is 0 Å².